The molecule has 200 valence electrons. The summed E-state index contributed by atoms with van der Waals surface area (Å²) >= 11 is 0. The third-order valence-corrected chi connectivity index (χ3v) is 7.85. The lowest BCUT2D eigenvalue weighted by atomic mass is 9.71. The molecular weight excluding hydrogens is 478 g/mol. The summed E-state index contributed by atoms with van der Waals surface area (Å²) in [6.45, 7) is 2.35. The molecule has 0 saturated carbocycles. The van der Waals surface area contributed by atoms with Crippen molar-refractivity contribution in [2.45, 2.75) is 88.5 Å². The van der Waals surface area contributed by atoms with Gasteiger partial charge in [0.1, 0.15) is 30.2 Å². The maximum Gasteiger partial charge on any atom is 0.229 e. The maximum atomic E-state index is 13.3. The van der Waals surface area contributed by atoms with Gasteiger partial charge in [-0.1, -0.05) is 19.1 Å². The number of ether oxygens (including phenoxy) is 2. The minimum absolute atomic E-state index is 0.0962. The SMILES string of the molecule is CCCN1C2=C(C(=O)CCC2)C(c2ccc(O[C@@H]3O[C@H](CO)[C@@H](O)[C@@H](O)[C@H]3O)cc2)C2=C1CCCC2=O. The summed E-state index contributed by atoms with van der Waals surface area (Å²) in [6.07, 6.45) is -1.73. The minimum atomic E-state index is -1.53. The lowest BCUT2D eigenvalue weighted by Crippen LogP contribution is -2.60. The first kappa shape index (κ1) is 26.1. The van der Waals surface area contributed by atoms with Crippen LogP contribution in [0.2, 0.25) is 0 Å². The Kier molecular flexibility index (Phi) is 7.51. The zero-order valence-electron chi connectivity index (χ0n) is 21.0. The number of carbonyl (C=O) groups excluding carboxylic acids is 2. The lowest BCUT2D eigenvalue weighted by molar-refractivity contribution is -0.277. The molecule has 4 aliphatic rings. The molecule has 5 atom stereocenters. The largest absolute Gasteiger partial charge is 0.462 e. The second-order valence-electron chi connectivity index (χ2n) is 10.2. The molecule has 2 aliphatic carbocycles. The van der Waals surface area contributed by atoms with Crippen molar-refractivity contribution in [2.24, 2.45) is 0 Å². The van der Waals surface area contributed by atoms with Crippen LogP contribution < -0.4 is 4.74 Å². The minimum Gasteiger partial charge on any atom is -0.462 e. The average molecular weight is 514 g/mol. The molecule has 9 nitrogen and oxygen atoms in total. The molecule has 1 saturated heterocycles. The highest BCUT2D eigenvalue weighted by Gasteiger charge is 2.45. The van der Waals surface area contributed by atoms with E-state index in [1.807, 2.05) is 12.1 Å². The van der Waals surface area contributed by atoms with Gasteiger partial charge in [-0.05, 0) is 49.8 Å². The number of Topliss-reactive ketones (excluding diaryl/α,β-unsaturated/α-hetero) is 2. The topological polar surface area (TPSA) is 137 Å². The molecule has 1 aromatic rings. The zero-order chi connectivity index (χ0) is 26.3. The van der Waals surface area contributed by atoms with E-state index in [0.29, 0.717) is 18.6 Å². The Balaban J connectivity index is 1.47. The number of ketones is 2. The molecule has 4 N–H and O–H groups in total. The van der Waals surface area contributed by atoms with Crippen LogP contribution in [0.1, 0.15) is 63.4 Å². The summed E-state index contributed by atoms with van der Waals surface area (Å²) in [5.41, 5.74) is 4.40. The predicted octanol–water partition coefficient (Wildman–Crippen LogP) is 1.69. The highest BCUT2D eigenvalue weighted by molar-refractivity contribution is 6.06. The lowest BCUT2D eigenvalue weighted by Gasteiger charge is -2.44. The maximum absolute atomic E-state index is 13.3. The number of carbonyl (C=O) groups is 2. The number of hydrogen-bond donors (Lipinski definition) is 4. The first-order chi connectivity index (χ1) is 17.8. The predicted molar refractivity (Wildman–Crippen MR) is 132 cm³/mol. The van der Waals surface area contributed by atoms with E-state index in [1.165, 1.54) is 0 Å². The molecule has 37 heavy (non-hydrogen) atoms. The fraction of sp³-hybridized carbons (Fsp3) is 0.571. The third-order valence-electron chi connectivity index (χ3n) is 7.85. The highest BCUT2D eigenvalue weighted by Crippen LogP contribution is 2.49. The van der Waals surface area contributed by atoms with E-state index in [1.54, 1.807) is 12.1 Å². The summed E-state index contributed by atoms with van der Waals surface area (Å²) in [6, 6.07) is 6.99. The van der Waals surface area contributed by atoms with E-state index < -0.39 is 43.2 Å². The summed E-state index contributed by atoms with van der Waals surface area (Å²) in [7, 11) is 0. The molecule has 0 radical (unpaired) electrons. The quantitative estimate of drug-likeness (QED) is 0.448. The smallest absolute Gasteiger partial charge is 0.229 e. The Bertz CT molecular complexity index is 1060. The molecule has 1 aromatic carbocycles. The van der Waals surface area contributed by atoms with Crippen LogP contribution in [0.15, 0.2) is 46.8 Å². The van der Waals surface area contributed by atoms with Gasteiger partial charge in [0.05, 0.1) is 6.61 Å². The summed E-state index contributed by atoms with van der Waals surface area (Å²) in [5, 5.41) is 39.7. The first-order valence-corrected chi connectivity index (χ1v) is 13.2. The van der Waals surface area contributed by atoms with E-state index in [4.69, 9.17) is 9.47 Å². The van der Waals surface area contributed by atoms with Gasteiger partial charge < -0.3 is 34.8 Å². The molecule has 5 rings (SSSR count). The van der Waals surface area contributed by atoms with Gasteiger partial charge in [0.15, 0.2) is 11.6 Å². The first-order valence-electron chi connectivity index (χ1n) is 13.2. The Morgan fingerprint density at radius 2 is 1.49 bits per heavy atom. The number of aliphatic hydroxyl groups excluding tert-OH is 4. The van der Waals surface area contributed by atoms with Crippen molar-refractivity contribution in [2.75, 3.05) is 13.2 Å². The zero-order valence-corrected chi connectivity index (χ0v) is 21.0. The Hall–Kier alpha value is -2.56. The molecular formula is C28H35NO8. The molecule has 0 bridgehead atoms. The van der Waals surface area contributed by atoms with Crippen molar-refractivity contribution in [3.05, 3.63) is 52.4 Å². The molecule has 9 heteroatoms. The van der Waals surface area contributed by atoms with Gasteiger partial charge in [-0.15, -0.1) is 0 Å². The van der Waals surface area contributed by atoms with E-state index in [2.05, 4.69) is 11.8 Å². The van der Waals surface area contributed by atoms with Crippen molar-refractivity contribution in [1.29, 1.82) is 0 Å². The Morgan fingerprint density at radius 1 is 0.892 bits per heavy atom. The number of hydrogen-bond acceptors (Lipinski definition) is 9. The van der Waals surface area contributed by atoms with Gasteiger partial charge in [0.25, 0.3) is 0 Å². The van der Waals surface area contributed by atoms with Crippen molar-refractivity contribution in [1.82, 2.24) is 4.90 Å². The van der Waals surface area contributed by atoms with Crippen LogP contribution in [0.25, 0.3) is 0 Å². The molecule has 2 aliphatic heterocycles. The van der Waals surface area contributed by atoms with Gasteiger partial charge in [-0.2, -0.15) is 0 Å². The second kappa shape index (κ2) is 10.7. The van der Waals surface area contributed by atoms with E-state index in [0.717, 1.165) is 66.8 Å². The number of nitrogens with zero attached hydrogens (tertiary/aromatic N) is 1. The average Bonchev–Trinajstić information content (AvgIpc) is 2.90. The van der Waals surface area contributed by atoms with E-state index in [9.17, 15) is 30.0 Å². The van der Waals surface area contributed by atoms with Gasteiger partial charge in [-0.3, -0.25) is 9.59 Å². The Morgan fingerprint density at radius 3 is 2.03 bits per heavy atom. The summed E-state index contributed by atoms with van der Waals surface area (Å²) in [5.74, 6) is 0.114. The van der Waals surface area contributed by atoms with Crippen LogP contribution in [-0.4, -0.2) is 80.8 Å². The summed E-state index contributed by atoms with van der Waals surface area (Å²) < 4.78 is 11.2. The van der Waals surface area contributed by atoms with Crippen LogP contribution in [0, 0.1) is 0 Å². The van der Waals surface area contributed by atoms with Crippen LogP contribution in [0.5, 0.6) is 5.75 Å². The number of aliphatic hydroxyl groups is 4. The highest BCUT2D eigenvalue weighted by atomic mass is 16.7. The van der Waals surface area contributed by atoms with Gasteiger partial charge >= 0.3 is 0 Å². The van der Waals surface area contributed by atoms with Gasteiger partial charge in [0, 0.05) is 47.8 Å². The molecule has 2 heterocycles. The van der Waals surface area contributed by atoms with Crippen molar-refractivity contribution in [3.8, 4) is 5.75 Å². The number of allylic oxidation sites excluding steroid dienone is 4. The molecule has 0 amide bonds. The fourth-order valence-corrected chi connectivity index (χ4v) is 6.08. The van der Waals surface area contributed by atoms with Crippen LogP contribution >= 0.6 is 0 Å². The monoisotopic (exact) mass is 513 g/mol. The number of benzene rings is 1. The third kappa shape index (κ3) is 4.64. The Labute approximate surface area is 216 Å². The van der Waals surface area contributed by atoms with Gasteiger partial charge in [0.2, 0.25) is 6.29 Å². The molecule has 0 spiro atoms. The van der Waals surface area contributed by atoms with Crippen LogP contribution in [-0.2, 0) is 14.3 Å². The van der Waals surface area contributed by atoms with E-state index in [-0.39, 0.29) is 11.6 Å². The molecule has 0 aromatic heterocycles. The summed E-state index contributed by atoms with van der Waals surface area (Å²) in [4.78, 5) is 28.8. The molecule has 0 unspecified atom stereocenters. The number of rotatable bonds is 6. The molecule has 1 fully saturated rings. The van der Waals surface area contributed by atoms with Crippen molar-refractivity contribution in [3.63, 3.8) is 0 Å². The van der Waals surface area contributed by atoms with Crippen molar-refractivity contribution >= 4 is 11.6 Å². The van der Waals surface area contributed by atoms with Crippen LogP contribution in [0.3, 0.4) is 0 Å². The fourth-order valence-electron chi connectivity index (χ4n) is 6.08. The second-order valence-corrected chi connectivity index (χ2v) is 10.2. The van der Waals surface area contributed by atoms with Crippen molar-refractivity contribution < 1.29 is 39.5 Å². The van der Waals surface area contributed by atoms with Gasteiger partial charge in [-0.25, -0.2) is 0 Å². The standard InChI is InChI=1S/C28H35NO8/c1-2-13-29-17-5-3-7-19(31)23(17)22(24-18(29)6-4-8-20(24)32)15-9-11-16(12-10-15)36-28-27(35)26(34)25(33)21(14-30)37-28/h9-12,21-22,25-28,30,33-35H,2-8,13-14H2,1H3/t21-,25-,26-,27-,28-/m1/s1. The normalized spacial score (nSPS) is 30.9. The van der Waals surface area contributed by atoms with Crippen LogP contribution in [0.4, 0.5) is 0 Å². The van der Waals surface area contributed by atoms with E-state index >= 15 is 0 Å².